The molecule has 1 N–H and O–H groups in total. The lowest BCUT2D eigenvalue weighted by atomic mass is 9.91. The molecule has 0 bridgehead atoms. The average Bonchev–Trinajstić information content (AvgIpc) is 2.34. The summed E-state index contributed by atoms with van der Waals surface area (Å²) in [5, 5.41) is 1.04. The number of halogens is 1. The molecule has 0 saturated heterocycles. The summed E-state index contributed by atoms with van der Waals surface area (Å²) in [4.78, 5) is 0. The first-order valence-corrected chi connectivity index (χ1v) is 9.95. The standard InChI is InChI=1S/C13H26BrNO2S/c14-10-6-1-2-7-11-15-18(16,17)12-13-8-4-3-5-9-13/h13,15H,1-12H2. The highest BCUT2D eigenvalue weighted by atomic mass is 79.9. The molecule has 0 amide bonds. The fraction of sp³-hybridized carbons (Fsp3) is 1.00. The Hall–Kier alpha value is 0.390. The first-order valence-electron chi connectivity index (χ1n) is 7.17. The van der Waals surface area contributed by atoms with Crippen molar-refractivity contribution in [3.05, 3.63) is 0 Å². The second-order valence-corrected chi connectivity index (χ2v) is 7.93. The van der Waals surface area contributed by atoms with Gasteiger partial charge in [0.1, 0.15) is 0 Å². The van der Waals surface area contributed by atoms with E-state index < -0.39 is 10.0 Å². The van der Waals surface area contributed by atoms with Crippen LogP contribution in [0.2, 0.25) is 0 Å². The average molecular weight is 340 g/mol. The van der Waals surface area contributed by atoms with Gasteiger partial charge in [-0.1, -0.05) is 48.0 Å². The van der Waals surface area contributed by atoms with E-state index >= 15 is 0 Å². The molecule has 0 aliphatic heterocycles. The van der Waals surface area contributed by atoms with E-state index in [1.165, 1.54) is 32.1 Å². The summed E-state index contributed by atoms with van der Waals surface area (Å²) in [6, 6.07) is 0. The van der Waals surface area contributed by atoms with Crippen molar-refractivity contribution in [2.75, 3.05) is 17.6 Å². The van der Waals surface area contributed by atoms with Crippen molar-refractivity contribution in [3.8, 4) is 0 Å². The maximum Gasteiger partial charge on any atom is 0.211 e. The summed E-state index contributed by atoms with van der Waals surface area (Å²) in [6.07, 6.45) is 10.3. The zero-order chi connectivity index (χ0) is 13.3. The summed E-state index contributed by atoms with van der Waals surface area (Å²) < 4.78 is 26.5. The van der Waals surface area contributed by atoms with Gasteiger partial charge in [-0.25, -0.2) is 13.1 Å². The van der Waals surface area contributed by atoms with Crippen molar-refractivity contribution in [1.82, 2.24) is 4.72 Å². The van der Waals surface area contributed by atoms with Crippen LogP contribution in [0.3, 0.4) is 0 Å². The van der Waals surface area contributed by atoms with E-state index in [4.69, 9.17) is 0 Å². The van der Waals surface area contributed by atoms with Crippen LogP contribution in [0.4, 0.5) is 0 Å². The van der Waals surface area contributed by atoms with Crippen molar-refractivity contribution < 1.29 is 8.42 Å². The summed E-state index contributed by atoms with van der Waals surface area (Å²) in [5.74, 6) is 0.735. The Labute approximate surface area is 120 Å². The number of unbranched alkanes of at least 4 members (excludes halogenated alkanes) is 3. The molecule has 108 valence electrons. The molecule has 0 spiro atoms. The molecule has 1 aliphatic rings. The lowest BCUT2D eigenvalue weighted by Gasteiger charge is -2.21. The van der Waals surface area contributed by atoms with Gasteiger partial charge in [-0.05, 0) is 31.6 Å². The summed E-state index contributed by atoms with van der Waals surface area (Å²) in [5.41, 5.74) is 0. The van der Waals surface area contributed by atoms with E-state index in [2.05, 4.69) is 20.7 Å². The minimum atomic E-state index is -3.03. The quantitative estimate of drug-likeness (QED) is 0.516. The monoisotopic (exact) mass is 339 g/mol. The molecular weight excluding hydrogens is 314 g/mol. The van der Waals surface area contributed by atoms with Crippen LogP contribution in [-0.2, 0) is 10.0 Å². The molecule has 0 atom stereocenters. The maximum atomic E-state index is 11.9. The Morgan fingerprint density at radius 1 is 1.00 bits per heavy atom. The highest BCUT2D eigenvalue weighted by molar-refractivity contribution is 9.09. The van der Waals surface area contributed by atoms with E-state index in [-0.39, 0.29) is 0 Å². The second-order valence-electron chi connectivity index (χ2n) is 5.28. The van der Waals surface area contributed by atoms with Crippen molar-refractivity contribution in [2.45, 2.75) is 57.8 Å². The van der Waals surface area contributed by atoms with Crippen LogP contribution in [-0.4, -0.2) is 26.0 Å². The van der Waals surface area contributed by atoms with E-state index in [1.807, 2.05) is 0 Å². The zero-order valence-corrected chi connectivity index (χ0v) is 13.6. The van der Waals surface area contributed by atoms with E-state index in [0.717, 1.165) is 31.0 Å². The molecule has 3 nitrogen and oxygen atoms in total. The van der Waals surface area contributed by atoms with Crippen molar-refractivity contribution in [3.63, 3.8) is 0 Å². The molecule has 0 radical (unpaired) electrons. The minimum Gasteiger partial charge on any atom is -0.215 e. The van der Waals surface area contributed by atoms with E-state index in [9.17, 15) is 8.42 Å². The number of rotatable bonds is 9. The molecule has 1 rings (SSSR count). The van der Waals surface area contributed by atoms with Crippen LogP contribution in [0.25, 0.3) is 0 Å². The van der Waals surface area contributed by atoms with E-state index in [1.54, 1.807) is 0 Å². The van der Waals surface area contributed by atoms with Crippen LogP contribution < -0.4 is 4.72 Å². The lowest BCUT2D eigenvalue weighted by Crippen LogP contribution is -2.31. The van der Waals surface area contributed by atoms with Gasteiger partial charge >= 0.3 is 0 Å². The largest absolute Gasteiger partial charge is 0.215 e. The third kappa shape index (κ3) is 7.74. The van der Waals surface area contributed by atoms with Gasteiger partial charge in [-0.3, -0.25) is 0 Å². The SMILES string of the molecule is O=S(=O)(CC1CCCCC1)NCCCCCCBr. The summed E-state index contributed by atoms with van der Waals surface area (Å²) in [7, 11) is -3.03. The zero-order valence-electron chi connectivity index (χ0n) is 11.2. The van der Waals surface area contributed by atoms with Gasteiger partial charge in [0.2, 0.25) is 10.0 Å². The molecule has 5 heteroatoms. The Morgan fingerprint density at radius 3 is 2.33 bits per heavy atom. The predicted octanol–water partition coefficient (Wildman–Crippen LogP) is 3.44. The molecule has 1 saturated carbocycles. The Morgan fingerprint density at radius 2 is 1.67 bits per heavy atom. The molecule has 0 unspecified atom stereocenters. The third-order valence-corrected chi connectivity index (χ3v) is 5.68. The maximum absolute atomic E-state index is 11.9. The van der Waals surface area contributed by atoms with Crippen LogP contribution >= 0.6 is 15.9 Å². The van der Waals surface area contributed by atoms with Gasteiger partial charge in [0, 0.05) is 11.9 Å². The van der Waals surface area contributed by atoms with Gasteiger partial charge in [-0.15, -0.1) is 0 Å². The number of sulfonamides is 1. The number of nitrogens with one attached hydrogen (secondary N) is 1. The van der Waals surface area contributed by atoms with Gasteiger partial charge < -0.3 is 0 Å². The van der Waals surface area contributed by atoms with Crippen molar-refractivity contribution in [2.24, 2.45) is 5.92 Å². The molecular formula is C13H26BrNO2S. The second kappa shape index (κ2) is 9.32. The first kappa shape index (κ1) is 16.4. The smallest absolute Gasteiger partial charge is 0.211 e. The fourth-order valence-corrected chi connectivity index (χ4v) is 4.45. The topological polar surface area (TPSA) is 46.2 Å². The van der Waals surface area contributed by atoms with Crippen molar-refractivity contribution >= 4 is 26.0 Å². The van der Waals surface area contributed by atoms with Gasteiger partial charge in [0.05, 0.1) is 5.75 Å². The molecule has 1 fully saturated rings. The fourth-order valence-electron chi connectivity index (χ4n) is 2.52. The van der Waals surface area contributed by atoms with Gasteiger partial charge in [-0.2, -0.15) is 0 Å². The third-order valence-electron chi connectivity index (χ3n) is 3.56. The van der Waals surface area contributed by atoms with Crippen LogP contribution in [0.15, 0.2) is 0 Å². The molecule has 1 aliphatic carbocycles. The summed E-state index contributed by atoms with van der Waals surface area (Å²) >= 11 is 3.39. The number of alkyl halides is 1. The summed E-state index contributed by atoms with van der Waals surface area (Å²) in [6.45, 7) is 0.608. The molecule has 0 aromatic rings. The van der Waals surface area contributed by atoms with Crippen LogP contribution in [0.1, 0.15) is 57.8 Å². The van der Waals surface area contributed by atoms with Gasteiger partial charge in [0.15, 0.2) is 0 Å². The highest BCUT2D eigenvalue weighted by Gasteiger charge is 2.20. The lowest BCUT2D eigenvalue weighted by molar-refractivity contribution is 0.384. The highest BCUT2D eigenvalue weighted by Crippen LogP contribution is 2.24. The van der Waals surface area contributed by atoms with Crippen molar-refractivity contribution in [1.29, 1.82) is 0 Å². The molecule has 0 aromatic carbocycles. The van der Waals surface area contributed by atoms with E-state index in [0.29, 0.717) is 18.2 Å². The molecule has 0 heterocycles. The number of hydrogen-bond acceptors (Lipinski definition) is 2. The first-order chi connectivity index (χ1) is 8.64. The Bertz CT molecular complexity index is 300. The van der Waals surface area contributed by atoms with Crippen LogP contribution in [0, 0.1) is 5.92 Å². The van der Waals surface area contributed by atoms with Gasteiger partial charge in [0.25, 0.3) is 0 Å². The number of hydrogen-bond donors (Lipinski definition) is 1. The molecule has 0 aromatic heterocycles. The Balaban J connectivity index is 2.11. The normalized spacial score (nSPS) is 18.1. The van der Waals surface area contributed by atoms with Crippen LogP contribution in [0.5, 0.6) is 0 Å². The predicted molar refractivity (Wildman–Crippen MR) is 80.6 cm³/mol. The Kier molecular flexibility index (Phi) is 8.51. The molecule has 18 heavy (non-hydrogen) atoms. The minimum absolute atomic E-state index is 0.342.